The van der Waals surface area contributed by atoms with Crippen LogP contribution in [0, 0.1) is 19.3 Å². The van der Waals surface area contributed by atoms with E-state index in [1.807, 2.05) is 0 Å². The van der Waals surface area contributed by atoms with Crippen molar-refractivity contribution >= 4 is 11.3 Å². The van der Waals surface area contributed by atoms with Crippen molar-refractivity contribution in [3.8, 4) is 11.5 Å². The Bertz CT molecular complexity index is 450. The number of aryl methyl sites for hydroxylation is 2. The summed E-state index contributed by atoms with van der Waals surface area (Å²) in [6, 6.07) is 0. The first-order valence-electron chi connectivity index (χ1n) is 9.97. The zero-order valence-corrected chi connectivity index (χ0v) is 17.0. The van der Waals surface area contributed by atoms with Gasteiger partial charge < -0.3 is 9.47 Å². The number of ether oxygens (including phenoxy) is 2. The molecule has 0 atom stereocenters. The molecule has 2 rings (SSSR count). The maximum atomic E-state index is 6.32. The molecule has 24 heavy (non-hydrogen) atoms. The maximum Gasteiger partial charge on any atom is 0.175 e. The second kappa shape index (κ2) is 9.70. The van der Waals surface area contributed by atoms with Crippen LogP contribution in [-0.2, 0) is 0 Å². The van der Waals surface area contributed by atoms with Crippen molar-refractivity contribution in [2.45, 2.75) is 91.9 Å². The fourth-order valence-corrected chi connectivity index (χ4v) is 4.68. The monoisotopic (exact) mass is 352 g/mol. The van der Waals surface area contributed by atoms with Gasteiger partial charge in [-0.2, -0.15) is 0 Å². The van der Waals surface area contributed by atoms with Gasteiger partial charge in [-0.3, -0.25) is 0 Å². The Morgan fingerprint density at radius 3 is 1.62 bits per heavy atom. The van der Waals surface area contributed by atoms with E-state index in [-0.39, 0.29) is 5.41 Å². The van der Waals surface area contributed by atoms with Crippen LogP contribution in [0.4, 0.5) is 0 Å². The summed E-state index contributed by atoms with van der Waals surface area (Å²) >= 11 is 1.79. The van der Waals surface area contributed by atoms with Crippen molar-refractivity contribution in [1.82, 2.24) is 0 Å². The fourth-order valence-electron chi connectivity index (χ4n) is 3.74. The second-order valence-electron chi connectivity index (χ2n) is 7.57. The summed E-state index contributed by atoms with van der Waals surface area (Å²) in [7, 11) is 0. The Labute approximate surface area is 152 Å². The number of hydrogen-bond acceptors (Lipinski definition) is 3. The summed E-state index contributed by atoms with van der Waals surface area (Å²) in [6.45, 7) is 10.5. The molecule has 138 valence electrons. The Morgan fingerprint density at radius 1 is 0.750 bits per heavy atom. The van der Waals surface area contributed by atoms with E-state index in [2.05, 4.69) is 27.7 Å². The average molecular weight is 353 g/mol. The van der Waals surface area contributed by atoms with Crippen molar-refractivity contribution in [2.75, 3.05) is 13.2 Å². The predicted octanol–water partition coefficient (Wildman–Crippen LogP) is 7.06. The molecule has 0 amide bonds. The zero-order valence-electron chi connectivity index (χ0n) is 16.2. The van der Waals surface area contributed by atoms with Gasteiger partial charge in [0.25, 0.3) is 0 Å². The van der Waals surface area contributed by atoms with E-state index in [9.17, 15) is 0 Å². The van der Waals surface area contributed by atoms with Crippen LogP contribution in [0.2, 0.25) is 0 Å². The standard InChI is InChI=1S/C21H36O2S/c1-5-7-9-11-13-21(14-12-10-8-6-2)15-22-19-17(3)24-18(4)20(19)23-16-21/h5-16H2,1-4H3. The molecular weight excluding hydrogens is 316 g/mol. The summed E-state index contributed by atoms with van der Waals surface area (Å²) < 4.78 is 12.6. The van der Waals surface area contributed by atoms with E-state index >= 15 is 0 Å². The lowest BCUT2D eigenvalue weighted by Crippen LogP contribution is -2.33. The summed E-state index contributed by atoms with van der Waals surface area (Å²) in [5.74, 6) is 2.03. The zero-order chi connectivity index (χ0) is 17.4. The highest BCUT2D eigenvalue weighted by Crippen LogP contribution is 2.46. The molecule has 0 radical (unpaired) electrons. The van der Waals surface area contributed by atoms with Crippen molar-refractivity contribution in [2.24, 2.45) is 5.41 Å². The van der Waals surface area contributed by atoms with Crippen LogP contribution < -0.4 is 9.47 Å². The Balaban J connectivity index is 2.01. The summed E-state index contributed by atoms with van der Waals surface area (Å²) in [4.78, 5) is 2.52. The molecule has 1 aromatic rings. The SMILES string of the molecule is CCCCCCC1(CCCCCC)COc2c(C)sc(C)c2OC1. The van der Waals surface area contributed by atoms with Gasteiger partial charge in [0, 0.05) is 15.2 Å². The van der Waals surface area contributed by atoms with Gasteiger partial charge in [-0.25, -0.2) is 0 Å². The fraction of sp³-hybridized carbons (Fsp3) is 0.810. The van der Waals surface area contributed by atoms with Crippen LogP contribution >= 0.6 is 11.3 Å². The summed E-state index contributed by atoms with van der Waals surface area (Å²) in [5, 5.41) is 0. The molecule has 0 unspecified atom stereocenters. The molecule has 1 aliphatic heterocycles. The highest BCUT2D eigenvalue weighted by molar-refractivity contribution is 7.12. The quantitative estimate of drug-likeness (QED) is 0.419. The van der Waals surface area contributed by atoms with Gasteiger partial charge in [0.15, 0.2) is 11.5 Å². The van der Waals surface area contributed by atoms with Gasteiger partial charge in [0.2, 0.25) is 0 Å². The lowest BCUT2D eigenvalue weighted by Gasteiger charge is -2.31. The van der Waals surface area contributed by atoms with Crippen LogP contribution in [0.1, 0.15) is 87.8 Å². The van der Waals surface area contributed by atoms with Crippen LogP contribution in [0.5, 0.6) is 11.5 Å². The molecule has 0 fully saturated rings. The summed E-state index contributed by atoms with van der Waals surface area (Å²) in [5.41, 5.74) is 0.205. The lowest BCUT2D eigenvalue weighted by atomic mass is 9.79. The first kappa shape index (κ1) is 19.6. The molecule has 0 aromatic carbocycles. The Morgan fingerprint density at radius 2 is 1.21 bits per heavy atom. The molecule has 0 spiro atoms. The highest BCUT2D eigenvalue weighted by Gasteiger charge is 2.35. The summed E-state index contributed by atoms with van der Waals surface area (Å²) in [6.07, 6.45) is 13.1. The number of fused-ring (bicyclic) bond motifs is 1. The normalized spacial score (nSPS) is 16.2. The molecular formula is C21H36O2S. The van der Waals surface area contributed by atoms with Crippen molar-refractivity contribution in [3.63, 3.8) is 0 Å². The predicted molar refractivity (Wildman–Crippen MR) is 105 cm³/mol. The Hall–Kier alpha value is -0.700. The second-order valence-corrected chi connectivity index (χ2v) is 9.00. The van der Waals surface area contributed by atoms with Crippen LogP contribution in [0.25, 0.3) is 0 Å². The number of rotatable bonds is 10. The van der Waals surface area contributed by atoms with E-state index in [1.54, 1.807) is 11.3 Å². The molecule has 0 N–H and O–H groups in total. The molecule has 0 saturated carbocycles. The third kappa shape index (κ3) is 5.15. The minimum atomic E-state index is 0.205. The van der Waals surface area contributed by atoms with E-state index in [4.69, 9.17) is 9.47 Å². The van der Waals surface area contributed by atoms with E-state index in [0.717, 1.165) is 24.7 Å². The van der Waals surface area contributed by atoms with Crippen LogP contribution in [-0.4, -0.2) is 13.2 Å². The maximum absolute atomic E-state index is 6.32. The van der Waals surface area contributed by atoms with Gasteiger partial charge in [-0.05, 0) is 26.7 Å². The van der Waals surface area contributed by atoms with E-state index in [1.165, 1.54) is 74.0 Å². The van der Waals surface area contributed by atoms with Gasteiger partial charge in [0.1, 0.15) is 0 Å². The smallest absolute Gasteiger partial charge is 0.175 e. The molecule has 3 heteroatoms. The highest BCUT2D eigenvalue weighted by atomic mass is 32.1. The van der Waals surface area contributed by atoms with Crippen molar-refractivity contribution in [3.05, 3.63) is 9.75 Å². The van der Waals surface area contributed by atoms with E-state index < -0.39 is 0 Å². The average Bonchev–Trinajstić information content (AvgIpc) is 2.73. The minimum Gasteiger partial charge on any atom is -0.488 e. The molecule has 1 aliphatic rings. The molecule has 0 aliphatic carbocycles. The third-order valence-electron chi connectivity index (χ3n) is 5.32. The number of unbranched alkanes of at least 4 members (excludes halogenated alkanes) is 6. The van der Waals surface area contributed by atoms with Gasteiger partial charge in [0.05, 0.1) is 13.2 Å². The number of hydrogen-bond donors (Lipinski definition) is 0. The molecule has 0 bridgehead atoms. The molecule has 2 nitrogen and oxygen atoms in total. The minimum absolute atomic E-state index is 0.205. The lowest BCUT2D eigenvalue weighted by molar-refractivity contribution is 0.0780. The first-order chi connectivity index (χ1) is 11.6. The number of thiophene rings is 1. The van der Waals surface area contributed by atoms with Gasteiger partial charge >= 0.3 is 0 Å². The van der Waals surface area contributed by atoms with Crippen molar-refractivity contribution in [1.29, 1.82) is 0 Å². The van der Waals surface area contributed by atoms with Crippen molar-refractivity contribution < 1.29 is 9.47 Å². The third-order valence-corrected chi connectivity index (χ3v) is 6.30. The molecule has 2 heterocycles. The molecule has 1 aromatic heterocycles. The molecule has 0 saturated heterocycles. The Kier molecular flexibility index (Phi) is 7.93. The largest absolute Gasteiger partial charge is 0.488 e. The van der Waals surface area contributed by atoms with Gasteiger partial charge in [-0.1, -0.05) is 65.2 Å². The first-order valence-corrected chi connectivity index (χ1v) is 10.8. The van der Waals surface area contributed by atoms with Crippen LogP contribution in [0.15, 0.2) is 0 Å². The van der Waals surface area contributed by atoms with Crippen LogP contribution in [0.3, 0.4) is 0 Å². The van der Waals surface area contributed by atoms with Gasteiger partial charge in [-0.15, -0.1) is 11.3 Å². The van der Waals surface area contributed by atoms with E-state index in [0.29, 0.717) is 0 Å². The topological polar surface area (TPSA) is 18.5 Å².